The molecule has 2 rings (SSSR count). The number of nitrogen functional groups attached to an aromatic ring is 1. The number of hydrogen-bond acceptors (Lipinski definition) is 3. The number of amides is 1. The lowest BCUT2D eigenvalue weighted by Crippen LogP contribution is -2.40. The first-order chi connectivity index (χ1) is 7.11. The topological polar surface area (TPSA) is 83.8 Å². The zero-order chi connectivity index (χ0) is 10.9. The average molecular weight is 208 g/mol. The van der Waals surface area contributed by atoms with Crippen LogP contribution in [0.5, 0.6) is 0 Å². The SMILES string of the molecule is CC1(CNC(=O)c2[nH]ncc2N)CCC1. The third-order valence-corrected chi connectivity index (χ3v) is 3.13. The lowest BCUT2D eigenvalue weighted by atomic mass is 9.70. The van der Waals surface area contributed by atoms with E-state index in [0.717, 1.165) is 0 Å². The first-order valence-corrected chi connectivity index (χ1v) is 5.18. The molecule has 1 aliphatic rings. The highest BCUT2D eigenvalue weighted by Gasteiger charge is 2.32. The number of anilines is 1. The van der Waals surface area contributed by atoms with Gasteiger partial charge in [-0.2, -0.15) is 5.10 Å². The highest BCUT2D eigenvalue weighted by atomic mass is 16.1. The van der Waals surface area contributed by atoms with E-state index in [0.29, 0.717) is 17.9 Å². The largest absolute Gasteiger partial charge is 0.396 e. The minimum atomic E-state index is -0.168. The molecule has 1 heterocycles. The molecule has 82 valence electrons. The zero-order valence-electron chi connectivity index (χ0n) is 8.84. The van der Waals surface area contributed by atoms with E-state index in [2.05, 4.69) is 22.4 Å². The summed E-state index contributed by atoms with van der Waals surface area (Å²) in [5.74, 6) is -0.168. The van der Waals surface area contributed by atoms with Crippen molar-refractivity contribution in [3.63, 3.8) is 0 Å². The van der Waals surface area contributed by atoms with Gasteiger partial charge in [-0.25, -0.2) is 0 Å². The van der Waals surface area contributed by atoms with E-state index < -0.39 is 0 Å². The van der Waals surface area contributed by atoms with Gasteiger partial charge in [-0.05, 0) is 18.3 Å². The first-order valence-electron chi connectivity index (χ1n) is 5.18. The number of carbonyl (C=O) groups is 1. The lowest BCUT2D eigenvalue weighted by molar-refractivity contribution is 0.0887. The Morgan fingerprint density at radius 2 is 2.47 bits per heavy atom. The number of nitrogens with zero attached hydrogens (tertiary/aromatic N) is 1. The first kappa shape index (κ1) is 10.0. The smallest absolute Gasteiger partial charge is 0.271 e. The Kier molecular flexibility index (Phi) is 2.38. The molecule has 1 aromatic heterocycles. The Bertz CT molecular complexity index is 367. The van der Waals surface area contributed by atoms with Crippen molar-refractivity contribution in [1.82, 2.24) is 15.5 Å². The van der Waals surface area contributed by atoms with Gasteiger partial charge in [0.2, 0.25) is 0 Å². The molecule has 0 bridgehead atoms. The van der Waals surface area contributed by atoms with Crippen molar-refractivity contribution in [3.8, 4) is 0 Å². The van der Waals surface area contributed by atoms with Crippen molar-refractivity contribution >= 4 is 11.6 Å². The third-order valence-electron chi connectivity index (χ3n) is 3.13. The van der Waals surface area contributed by atoms with Crippen LogP contribution in [0.15, 0.2) is 6.20 Å². The minimum absolute atomic E-state index is 0.168. The van der Waals surface area contributed by atoms with Gasteiger partial charge in [0.05, 0.1) is 11.9 Å². The number of hydrogen-bond donors (Lipinski definition) is 3. The van der Waals surface area contributed by atoms with Crippen LogP contribution >= 0.6 is 0 Å². The molecule has 0 spiro atoms. The van der Waals surface area contributed by atoms with Gasteiger partial charge in [0.15, 0.2) is 0 Å². The monoisotopic (exact) mass is 208 g/mol. The second-order valence-corrected chi connectivity index (χ2v) is 4.55. The summed E-state index contributed by atoms with van der Waals surface area (Å²) in [7, 11) is 0. The molecule has 1 aromatic rings. The molecule has 0 aromatic carbocycles. The quantitative estimate of drug-likeness (QED) is 0.690. The van der Waals surface area contributed by atoms with E-state index in [1.165, 1.54) is 25.5 Å². The van der Waals surface area contributed by atoms with Gasteiger partial charge in [-0.3, -0.25) is 9.89 Å². The molecule has 1 amide bonds. The van der Waals surface area contributed by atoms with E-state index in [4.69, 9.17) is 5.73 Å². The van der Waals surface area contributed by atoms with Crippen LogP contribution in [0, 0.1) is 5.41 Å². The lowest BCUT2D eigenvalue weighted by Gasteiger charge is -2.38. The number of H-pyrrole nitrogens is 1. The summed E-state index contributed by atoms with van der Waals surface area (Å²) in [4.78, 5) is 11.7. The molecule has 1 fully saturated rings. The number of carbonyl (C=O) groups excluding carboxylic acids is 1. The van der Waals surface area contributed by atoms with Crippen LogP contribution in [0.25, 0.3) is 0 Å². The second-order valence-electron chi connectivity index (χ2n) is 4.55. The van der Waals surface area contributed by atoms with Crippen LogP contribution in [0.2, 0.25) is 0 Å². The summed E-state index contributed by atoms with van der Waals surface area (Å²) in [5, 5.41) is 9.18. The molecule has 4 N–H and O–H groups in total. The fourth-order valence-corrected chi connectivity index (χ4v) is 1.82. The normalized spacial score (nSPS) is 18.2. The van der Waals surface area contributed by atoms with Gasteiger partial charge >= 0.3 is 0 Å². The number of nitrogens with one attached hydrogen (secondary N) is 2. The highest BCUT2D eigenvalue weighted by molar-refractivity contribution is 5.96. The van der Waals surface area contributed by atoms with Crippen molar-refractivity contribution in [2.24, 2.45) is 5.41 Å². The molecule has 5 nitrogen and oxygen atoms in total. The van der Waals surface area contributed by atoms with Crippen LogP contribution < -0.4 is 11.1 Å². The summed E-state index contributed by atoms with van der Waals surface area (Å²) >= 11 is 0. The molecule has 0 radical (unpaired) electrons. The number of aromatic amines is 1. The summed E-state index contributed by atoms with van der Waals surface area (Å²) in [6, 6.07) is 0. The number of aromatic nitrogens is 2. The van der Waals surface area contributed by atoms with E-state index in [1.54, 1.807) is 0 Å². The molecule has 1 saturated carbocycles. The molecule has 0 atom stereocenters. The maximum absolute atomic E-state index is 11.7. The number of nitrogens with two attached hydrogens (primary N) is 1. The van der Waals surface area contributed by atoms with Gasteiger partial charge in [0, 0.05) is 6.54 Å². The Morgan fingerprint density at radius 1 is 1.73 bits per heavy atom. The summed E-state index contributed by atoms with van der Waals surface area (Å²) in [6.45, 7) is 2.90. The van der Waals surface area contributed by atoms with Crippen molar-refractivity contribution in [2.45, 2.75) is 26.2 Å². The Morgan fingerprint density at radius 3 is 2.93 bits per heavy atom. The molecule has 0 saturated heterocycles. The zero-order valence-corrected chi connectivity index (χ0v) is 8.84. The molecule has 15 heavy (non-hydrogen) atoms. The van der Waals surface area contributed by atoms with Gasteiger partial charge in [0.1, 0.15) is 5.69 Å². The average Bonchev–Trinajstić information content (AvgIpc) is 2.58. The maximum Gasteiger partial charge on any atom is 0.271 e. The fourth-order valence-electron chi connectivity index (χ4n) is 1.82. The van der Waals surface area contributed by atoms with Gasteiger partial charge in [-0.15, -0.1) is 0 Å². The number of rotatable bonds is 3. The maximum atomic E-state index is 11.7. The van der Waals surface area contributed by atoms with Crippen LogP contribution in [0.3, 0.4) is 0 Å². The predicted octanol–water partition coefficient (Wildman–Crippen LogP) is 0.912. The van der Waals surface area contributed by atoms with Gasteiger partial charge in [0.25, 0.3) is 5.91 Å². The van der Waals surface area contributed by atoms with Crippen LogP contribution in [-0.4, -0.2) is 22.6 Å². The van der Waals surface area contributed by atoms with Crippen LogP contribution in [-0.2, 0) is 0 Å². The summed E-state index contributed by atoms with van der Waals surface area (Å²) < 4.78 is 0. The van der Waals surface area contributed by atoms with E-state index in [9.17, 15) is 4.79 Å². The standard InChI is InChI=1S/C10H16N4O/c1-10(3-2-4-10)6-12-9(15)8-7(11)5-13-14-8/h5H,2-4,6,11H2,1H3,(H,12,15)(H,13,14). The fraction of sp³-hybridized carbons (Fsp3) is 0.600. The summed E-state index contributed by atoms with van der Waals surface area (Å²) in [6.07, 6.45) is 5.08. The second kappa shape index (κ2) is 3.56. The van der Waals surface area contributed by atoms with Gasteiger partial charge in [-0.1, -0.05) is 13.3 Å². The van der Waals surface area contributed by atoms with Crippen LogP contribution in [0.4, 0.5) is 5.69 Å². The van der Waals surface area contributed by atoms with E-state index in [-0.39, 0.29) is 11.3 Å². The molecule has 1 aliphatic carbocycles. The molecule has 5 heteroatoms. The van der Waals surface area contributed by atoms with Crippen molar-refractivity contribution < 1.29 is 4.79 Å². The van der Waals surface area contributed by atoms with Crippen molar-refractivity contribution in [3.05, 3.63) is 11.9 Å². The van der Waals surface area contributed by atoms with Crippen molar-refractivity contribution in [2.75, 3.05) is 12.3 Å². The molecule has 0 aliphatic heterocycles. The van der Waals surface area contributed by atoms with E-state index in [1.807, 2.05) is 0 Å². The Labute approximate surface area is 88.4 Å². The Balaban J connectivity index is 1.90. The Hall–Kier alpha value is -1.52. The molecular formula is C10H16N4O. The molecular weight excluding hydrogens is 192 g/mol. The minimum Gasteiger partial charge on any atom is -0.396 e. The van der Waals surface area contributed by atoms with Crippen molar-refractivity contribution in [1.29, 1.82) is 0 Å². The third kappa shape index (κ3) is 1.95. The highest BCUT2D eigenvalue weighted by Crippen LogP contribution is 2.39. The molecule has 0 unspecified atom stereocenters. The van der Waals surface area contributed by atoms with E-state index >= 15 is 0 Å². The summed E-state index contributed by atoms with van der Waals surface area (Å²) in [5.41, 5.74) is 6.61. The van der Waals surface area contributed by atoms with Crippen LogP contribution in [0.1, 0.15) is 36.7 Å². The predicted molar refractivity (Wildman–Crippen MR) is 57.3 cm³/mol. The van der Waals surface area contributed by atoms with Gasteiger partial charge < -0.3 is 11.1 Å².